The van der Waals surface area contributed by atoms with Crippen molar-refractivity contribution in [2.45, 2.75) is 18.4 Å². The fourth-order valence-electron chi connectivity index (χ4n) is 1.97. The van der Waals surface area contributed by atoms with Crippen LogP contribution in [0.1, 0.15) is 11.1 Å². The normalized spacial score (nSPS) is 11.2. The topological polar surface area (TPSA) is 75.3 Å². The number of aryl methyl sites for hydroxylation is 1. The van der Waals surface area contributed by atoms with Gasteiger partial charge in [0.15, 0.2) is 0 Å². The highest BCUT2D eigenvalue weighted by Crippen LogP contribution is 2.20. The molecule has 0 saturated carbocycles. The third-order valence-corrected chi connectivity index (χ3v) is 5.70. The molecule has 122 valence electrons. The predicted molar refractivity (Wildman–Crippen MR) is 92.4 cm³/mol. The Kier molecular flexibility index (Phi) is 5.92. The van der Waals surface area contributed by atoms with E-state index in [2.05, 4.69) is 26.0 Å². The molecule has 0 unspecified atom stereocenters. The van der Waals surface area contributed by atoms with Gasteiger partial charge in [0.1, 0.15) is 0 Å². The molecule has 0 spiro atoms. The van der Waals surface area contributed by atoms with Crippen molar-refractivity contribution < 1.29 is 13.2 Å². The fraction of sp³-hybridized carbons (Fsp3) is 0.188. The lowest BCUT2D eigenvalue weighted by Crippen LogP contribution is -2.36. The molecular weight excluding hydrogens is 380 g/mol. The largest absolute Gasteiger partial charge is 0.351 e. The minimum Gasteiger partial charge on any atom is -0.351 e. The monoisotopic (exact) mass is 396 g/mol. The van der Waals surface area contributed by atoms with Gasteiger partial charge in [-0.05, 0) is 46.1 Å². The second-order valence-corrected chi connectivity index (χ2v) is 7.55. The maximum absolute atomic E-state index is 12.2. The molecule has 0 aliphatic heterocycles. The molecule has 0 aliphatic rings. The summed E-state index contributed by atoms with van der Waals surface area (Å²) < 4.78 is 27.1. The Balaban J connectivity index is 1.92. The molecule has 0 saturated heterocycles. The van der Waals surface area contributed by atoms with Crippen LogP contribution in [0.5, 0.6) is 0 Å². The highest BCUT2D eigenvalue weighted by molar-refractivity contribution is 9.10. The standard InChI is InChI=1S/C16H17BrN2O3S/c1-12-6-2-3-7-13(12)10-18-16(20)11-19-23(21,22)15-9-5-4-8-14(15)17/h2-9,19H,10-11H2,1H3,(H,18,20). The zero-order chi connectivity index (χ0) is 16.9. The van der Waals surface area contributed by atoms with E-state index in [1.807, 2.05) is 31.2 Å². The van der Waals surface area contributed by atoms with Crippen molar-refractivity contribution in [2.24, 2.45) is 0 Å². The van der Waals surface area contributed by atoms with Crippen molar-refractivity contribution in [1.82, 2.24) is 10.0 Å². The number of rotatable bonds is 6. The number of hydrogen-bond acceptors (Lipinski definition) is 3. The molecule has 0 radical (unpaired) electrons. The minimum absolute atomic E-state index is 0.103. The summed E-state index contributed by atoms with van der Waals surface area (Å²) in [5, 5.41) is 2.70. The molecule has 1 amide bonds. The van der Waals surface area contributed by atoms with Gasteiger partial charge in [0, 0.05) is 11.0 Å². The van der Waals surface area contributed by atoms with E-state index >= 15 is 0 Å². The molecule has 23 heavy (non-hydrogen) atoms. The van der Waals surface area contributed by atoms with E-state index in [9.17, 15) is 13.2 Å². The van der Waals surface area contributed by atoms with Crippen LogP contribution in [-0.4, -0.2) is 20.9 Å². The van der Waals surface area contributed by atoms with Crippen LogP contribution in [-0.2, 0) is 21.4 Å². The quantitative estimate of drug-likeness (QED) is 0.786. The molecule has 0 atom stereocenters. The van der Waals surface area contributed by atoms with E-state index in [-0.39, 0.29) is 17.3 Å². The number of sulfonamides is 1. The number of amides is 1. The van der Waals surface area contributed by atoms with Crippen molar-refractivity contribution in [2.75, 3.05) is 6.54 Å². The number of halogens is 1. The van der Waals surface area contributed by atoms with Gasteiger partial charge in [-0.15, -0.1) is 0 Å². The average Bonchev–Trinajstić information content (AvgIpc) is 2.52. The number of nitrogens with one attached hydrogen (secondary N) is 2. The van der Waals surface area contributed by atoms with Gasteiger partial charge in [0.25, 0.3) is 0 Å². The average molecular weight is 397 g/mol. The first-order valence-corrected chi connectivity index (χ1v) is 9.23. The molecule has 0 aliphatic carbocycles. The maximum Gasteiger partial charge on any atom is 0.242 e. The van der Waals surface area contributed by atoms with E-state index in [1.165, 1.54) is 6.07 Å². The Labute approximate surface area is 144 Å². The van der Waals surface area contributed by atoms with Crippen molar-refractivity contribution in [3.63, 3.8) is 0 Å². The first-order chi connectivity index (χ1) is 10.9. The van der Waals surface area contributed by atoms with Crippen LogP contribution in [0, 0.1) is 6.92 Å². The van der Waals surface area contributed by atoms with Crippen LogP contribution in [0.2, 0.25) is 0 Å². The first kappa shape index (κ1) is 17.7. The highest BCUT2D eigenvalue weighted by atomic mass is 79.9. The van der Waals surface area contributed by atoms with E-state index in [0.717, 1.165) is 11.1 Å². The van der Waals surface area contributed by atoms with Crippen LogP contribution in [0.25, 0.3) is 0 Å². The zero-order valence-electron chi connectivity index (χ0n) is 12.5. The molecular formula is C16H17BrN2O3S. The second kappa shape index (κ2) is 7.72. The molecule has 0 heterocycles. The molecule has 2 aromatic carbocycles. The van der Waals surface area contributed by atoms with Crippen molar-refractivity contribution >= 4 is 31.9 Å². The first-order valence-electron chi connectivity index (χ1n) is 6.95. The Morgan fingerprint density at radius 2 is 1.74 bits per heavy atom. The Morgan fingerprint density at radius 3 is 2.43 bits per heavy atom. The Bertz CT molecular complexity index is 806. The molecule has 5 nitrogen and oxygen atoms in total. The van der Waals surface area contributed by atoms with E-state index in [1.54, 1.807) is 18.2 Å². The van der Waals surface area contributed by atoms with Crippen molar-refractivity contribution in [3.8, 4) is 0 Å². The summed E-state index contributed by atoms with van der Waals surface area (Å²) in [5.41, 5.74) is 2.07. The van der Waals surface area contributed by atoms with Crippen molar-refractivity contribution in [1.29, 1.82) is 0 Å². The third-order valence-electron chi connectivity index (χ3n) is 3.29. The number of carbonyl (C=O) groups is 1. The summed E-state index contributed by atoms with van der Waals surface area (Å²) in [6.07, 6.45) is 0. The molecule has 2 N–H and O–H groups in total. The highest BCUT2D eigenvalue weighted by Gasteiger charge is 2.17. The van der Waals surface area contributed by atoms with Crippen LogP contribution in [0.15, 0.2) is 57.9 Å². The van der Waals surface area contributed by atoms with Crippen LogP contribution < -0.4 is 10.0 Å². The molecule has 7 heteroatoms. The summed E-state index contributed by atoms with van der Waals surface area (Å²) in [4.78, 5) is 11.9. The summed E-state index contributed by atoms with van der Waals surface area (Å²) in [5.74, 6) is -0.385. The van der Waals surface area contributed by atoms with Crippen LogP contribution in [0.4, 0.5) is 0 Å². The summed E-state index contributed by atoms with van der Waals surface area (Å²) in [6, 6.07) is 14.1. The van der Waals surface area contributed by atoms with Crippen LogP contribution in [0.3, 0.4) is 0 Å². The SMILES string of the molecule is Cc1ccccc1CNC(=O)CNS(=O)(=O)c1ccccc1Br. The van der Waals surface area contributed by atoms with Crippen molar-refractivity contribution in [3.05, 3.63) is 64.1 Å². The van der Waals surface area contributed by atoms with Crippen LogP contribution >= 0.6 is 15.9 Å². The Morgan fingerprint density at radius 1 is 1.09 bits per heavy atom. The lowest BCUT2D eigenvalue weighted by atomic mass is 10.1. The smallest absolute Gasteiger partial charge is 0.242 e. The summed E-state index contributed by atoms with van der Waals surface area (Å²) in [6.45, 7) is 2.01. The van der Waals surface area contributed by atoms with Gasteiger partial charge < -0.3 is 5.32 Å². The fourth-order valence-corrected chi connectivity index (χ4v) is 3.95. The number of carbonyl (C=O) groups excluding carboxylic acids is 1. The minimum atomic E-state index is -3.73. The van der Waals surface area contributed by atoms with Gasteiger partial charge in [-0.2, -0.15) is 0 Å². The lowest BCUT2D eigenvalue weighted by Gasteiger charge is -2.10. The molecule has 2 aromatic rings. The molecule has 0 fully saturated rings. The van der Waals surface area contributed by atoms with Gasteiger partial charge in [-0.1, -0.05) is 36.4 Å². The van der Waals surface area contributed by atoms with E-state index < -0.39 is 10.0 Å². The summed E-state index contributed by atoms with van der Waals surface area (Å²) >= 11 is 3.19. The van der Waals surface area contributed by atoms with Gasteiger partial charge >= 0.3 is 0 Å². The predicted octanol–water partition coefficient (Wildman–Crippen LogP) is 2.35. The van der Waals surface area contributed by atoms with E-state index in [0.29, 0.717) is 11.0 Å². The molecule has 0 aromatic heterocycles. The zero-order valence-corrected chi connectivity index (χ0v) is 14.9. The second-order valence-electron chi connectivity index (χ2n) is 4.96. The number of benzene rings is 2. The third kappa shape index (κ3) is 4.89. The molecule has 2 rings (SSSR count). The number of hydrogen-bond donors (Lipinski definition) is 2. The maximum atomic E-state index is 12.2. The van der Waals surface area contributed by atoms with Gasteiger partial charge in [-0.3, -0.25) is 4.79 Å². The Hall–Kier alpha value is -1.70. The van der Waals surface area contributed by atoms with Gasteiger partial charge in [-0.25, -0.2) is 13.1 Å². The van der Waals surface area contributed by atoms with Gasteiger partial charge in [0.05, 0.1) is 11.4 Å². The lowest BCUT2D eigenvalue weighted by molar-refractivity contribution is -0.120. The molecule has 0 bridgehead atoms. The van der Waals surface area contributed by atoms with Gasteiger partial charge in [0.2, 0.25) is 15.9 Å². The van der Waals surface area contributed by atoms with E-state index in [4.69, 9.17) is 0 Å². The summed E-state index contributed by atoms with van der Waals surface area (Å²) in [7, 11) is -3.73.